The molecule has 1 saturated heterocycles. The van der Waals surface area contributed by atoms with Gasteiger partial charge >= 0.3 is 6.03 Å². The molecule has 0 spiro atoms. The number of benzene rings is 1. The molecule has 1 unspecified atom stereocenters. The van der Waals surface area contributed by atoms with Gasteiger partial charge in [0.05, 0.1) is 0 Å². The first kappa shape index (κ1) is 16.7. The summed E-state index contributed by atoms with van der Waals surface area (Å²) in [7, 11) is 0. The van der Waals surface area contributed by atoms with Crippen LogP contribution in [0.5, 0.6) is 0 Å². The molecule has 3 heterocycles. The first-order chi connectivity index (χ1) is 12.6. The van der Waals surface area contributed by atoms with Crippen LogP contribution >= 0.6 is 11.3 Å². The van der Waals surface area contributed by atoms with Crippen LogP contribution in [0.15, 0.2) is 29.6 Å². The van der Waals surface area contributed by atoms with Crippen LogP contribution in [0.4, 0.5) is 10.5 Å². The summed E-state index contributed by atoms with van der Waals surface area (Å²) in [5, 5.41) is 13.1. The van der Waals surface area contributed by atoms with E-state index in [1.807, 2.05) is 48.4 Å². The highest BCUT2D eigenvalue weighted by atomic mass is 32.1. The van der Waals surface area contributed by atoms with Gasteiger partial charge in [-0.1, -0.05) is 12.1 Å². The Morgan fingerprint density at radius 1 is 1.35 bits per heavy atom. The van der Waals surface area contributed by atoms with E-state index in [9.17, 15) is 4.79 Å². The molecule has 1 aromatic carbocycles. The summed E-state index contributed by atoms with van der Waals surface area (Å²) in [6.07, 6.45) is 0.878. The molecule has 4 rings (SSSR count). The quantitative estimate of drug-likeness (QED) is 0.740. The number of H-pyrrole nitrogens is 1. The molecule has 0 saturated carbocycles. The van der Waals surface area contributed by atoms with Crippen molar-refractivity contribution in [3.8, 4) is 10.6 Å². The highest BCUT2D eigenvalue weighted by molar-refractivity contribution is 7.13. The van der Waals surface area contributed by atoms with E-state index in [0.717, 1.165) is 40.0 Å². The normalized spacial score (nSPS) is 16.8. The molecule has 2 amide bonds. The van der Waals surface area contributed by atoms with E-state index in [1.54, 1.807) is 11.3 Å². The van der Waals surface area contributed by atoms with Crippen molar-refractivity contribution in [3.63, 3.8) is 0 Å². The van der Waals surface area contributed by atoms with Crippen LogP contribution in [0, 0.1) is 13.8 Å². The molecule has 2 N–H and O–H groups in total. The molecule has 1 aliphatic heterocycles. The number of amides is 2. The van der Waals surface area contributed by atoms with E-state index in [-0.39, 0.29) is 11.9 Å². The topological polar surface area (TPSA) is 86.8 Å². The summed E-state index contributed by atoms with van der Waals surface area (Å²) in [5.41, 5.74) is 2.79. The monoisotopic (exact) mass is 368 g/mol. The Morgan fingerprint density at radius 3 is 2.96 bits per heavy atom. The number of aromatic nitrogens is 4. The average molecular weight is 368 g/mol. The van der Waals surface area contributed by atoms with Crippen molar-refractivity contribution < 1.29 is 4.79 Å². The van der Waals surface area contributed by atoms with Crippen molar-refractivity contribution >= 4 is 23.1 Å². The highest BCUT2D eigenvalue weighted by Crippen LogP contribution is 2.27. The van der Waals surface area contributed by atoms with E-state index >= 15 is 0 Å². The number of rotatable bonds is 3. The molecule has 8 heteroatoms. The summed E-state index contributed by atoms with van der Waals surface area (Å²) in [4.78, 5) is 23.3. The number of carbonyl (C=O) groups excluding carboxylic acids is 1. The molecule has 0 aliphatic carbocycles. The Kier molecular flexibility index (Phi) is 4.42. The summed E-state index contributed by atoms with van der Waals surface area (Å²) < 4.78 is 0. The van der Waals surface area contributed by atoms with Crippen LogP contribution < -0.4 is 5.32 Å². The molecule has 1 atom stereocenters. The van der Waals surface area contributed by atoms with Crippen molar-refractivity contribution in [2.24, 2.45) is 0 Å². The van der Waals surface area contributed by atoms with Gasteiger partial charge in [-0.3, -0.25) is 5.10 Å². The molecule has 0 bridgehead atoms. The summed E-state index contributed by atoms with van der Waals surface area (Å²) in [6, 6.07) is 7.71. The van der Waals surface area contributed by atoms with Gasteiger partial charge in [-0.15, -0.1) is 11.3 Å². The Bertz CT molecular complexity index is 933. The Morgan fingerprint density at radius 2 is 2.23 bits per heavy atom. The van der Waals surface area contributed by atoms with Crippen molar-refractivity contribution in [1.82, 2.24) is 25.1 Å². The van der Waals surface area contributed by atoms with E-state index in [2.05, 4.69) is 25.5 Å². The maximum absolute atomic E-state index is 12.6. The number of hydrogen-bond donors (Lipinski definition) is 2. The van der Waals surface area contributed by atoms with Gasteiger partial charge in [0.2, 0.25) is 0 Å². The fraction of sp³-hybridized carbons (Fsp3) is 0.333. The number of aryl methyl sites for hydroxylation is 2. The van der Waals surface area contributed by atoms with Gasteiger partial charge in [0.15, 0.2) is 5.82 Å². The zero-order valence-corrected chi connectivity index (χ0v) is 15.5. The minimum atomic E-state index is -0.0905. The second kappa shape index (κ2) is 6.87. The molecule has 7 nitrogen and oxygen atoms in total. The maximum atomic E-state index is 12.6. The van der Waals surface area contributed by atoms with Crippen molar-refractivity contribution in [2.45, 2.75) is 26.2 Å². The van der Waals surface area contributed by atoms with E-state index < -0.39 is 0 Å². The molecular formula is C18H20N6OS. The van der Waals surface area contributed by atoms with E-state index in [0.29, 0.717) is 13.1 Å². The van der Waals surface area contributed by atoms with E-state index in [4.69, 9.17) is 0 Å². The van der Waals surface area contributed by atoms with Crippen molar-refractivity contribution in [3.05, 3.63) is 47.0 Å². The maximum Gasteiger partial charge on any atom is 0.321 e. The smallest absolute Gasteiger partial charge is 0.321 e. The van der Waals surface area contributed by atoms with Crippen LogP contribution in [0.2, 0.25) is 0 Å². The van der Waals surface area contributed by atoms with Crippen LogP contribution in [0.25, 0.3) is 10.6 Å². The first-order valence-electron chi connectivity index (χ1n) is 8.56. The Hall–Kier alpha value is -2.74. The number of aromatic amines is 1. The minimum Gasteiger partial charge on any atom is -0.324 e. The lowest BCUT2D eigenvalue weighted by Gasteiger charge is -2.17. The van der Waals surface area contributed by atoms with Gasteiger partial charge in [0.1, 0.15) is 10.8 Å². The predicted molar refractivity (Wildman–Crippen MR) is 101 cm³/mol. The number of urea groups is 1. The number of hydrogen-bond acceptors (Lipinski definition) is 5. The van der Waals surface area contributed by atoms with E-state index in [1.165, 1.54) is 0 Å². The van der Waals surface area contributed by atoms with Crippen molar-refractivity contribution in [2.75, 3.05) is 18.4 Å². The van der Waals surface area contributed by atoms with Crippen LogP contribution in [0.3, 0.4) is 0 Å². The molecule has 1 fully saturated rings. The number of nitrogens with zero attached hydrogens (tertiary/aromatic N) is 4. The van der Waals surface area contributed by atoms with Gasteiger partial charge in [-0.25, -0.2) is 14.8 Å². The highest BCUT2D eigenvalue weighted by Gasteiger charge is 2.29. The third-order valence-electron chi connectivity index (χ3n) is 4.43. The number of anilines is 1. The van der Waals surface area contributed by atoms with Gasteiger partial charge in [-0.2, -0.15) is 5.10 Å². The predicted octanol–water partition coefficient (Wildman–Crippen LogP) is 3.57. The fourth-order valence-electron chi connectivity index (χ4n) is 3.12. The average Bonchev–Trinajstić information content (AvgIpc) is 3.35. The zero-order chi connectivity index (χ0) is 18.1. The largest absolute Gasteiger partial charge is 0.324 e. The number of likely N-dealkylation sites (tertiary alicyclic amines) is 1. The molecular weight excluding hydrogens is 348 g/mol. The summed E-state index contributed by atoms with van der Waals surface area (Å²) >= 11 is 1.60. The molecule has 0 radical (unpaired) electrons. The molecule has 26 heavy (non-hydrogen) atoms. The lowest BCUT2D eigenvalue weighted by Crippen LogP contribution is -2.32. The number of carbonyl (C=O) groups is 1. The lowest BCUT2D eigenvalue weighted by atomic mass is 10.1. The Balaban J connectivity index is 1.42. The first-order valence-corrected chi connectivity index (χ1v) is 9.44. The van der Waals surface area contributed by atoms with Crippen molar-refractivity contribution in [1.29, 1.82) is 0 Å². The second-order valence-electron chi connectivity index (χ2n) is 6.52. The SMILES string of the molecule is Cc1csc(-c2cccc(NC(=O)N3CCC(c4n[nH]c(C)n4)C3)c2)n1. The number of thiazole rings is 1. The molecule has 3 aromatic rings. The van der Waals surface area contributed by atoms with Crippen LogP contribution in [-0.2, 0) is 0 Å². The Labute approximate surface area is 155 Å². The van der Waals surface area contributed by atoms with Gasteiger partial charge in [0, 0.05) is 41.3 Å². The minimum absolute atomic E-state index is 0.0905. The van der Waals surface area contributed by atoms with Crippen LogP contribution in [0.1, 0.15) is 29.7 Å². The lowest BCUT2D eigenvalue weighted by molar-refractivity contribution is 0.222. The van der Waals surface area contributed by atoms with Gasteiger partial charge < -0.3 is 10.2 Å². The zero-order valence-electron chi connectivity index (χ0n) is 14.7. The fourth-order valence-corrected chi connectivity index (χ4v) is 3.91. The van der Waals surface area contributed by atoms with Gasteiger partial charge in [0.25, 0.3) is 0 Å². The van der Waals surface area contributed by atoms with Crippen LogP contribution in [-0.4, -0.2) is 44.2 Å². The third kappa shape index (κ3) is 3.45. The molecule has 2 aromatic heterocycles. The van der Waals surface area contributed by atoms with Gasteiger partial charge in [-0.05, 0) is 32.4 Å². The molecule has 134 valence electrons. The molecule has 1 aliphatic rings. The second-order valence-corrected chi connectivity index (χ2v) is 7.37. The summed E-state index contributed by atoms with van der Waals surface area (Å²) in [6.45, 7) is 5.20. The number of nitrogens with one attached hydrogen (secondary N) is 2. The summed E-state index contributed by atoms with van der Waals surface area (Å²) in [5.74, 6) is 1.78. The third-order valence-corrected chi connectivity index (χ3v) is 5.44. The standard InChI is InChI=1S/C18H20N6OS/c1-11-10-26-17(19-11)13-4-3-5-15(8-13)21-18(25)24-7-6-14(9-24)16-20-12(2)22-23-16/h3-5,8,10,14H,6-7,9H2,1-2H3,(H,21,25)(H,20,22,23).